The van der Waals surface area contributed by atoms with Crippen LogP contribution in [0.1, 0.15) is 25.8 Å². The Labute approximate surface area is 228 Å². The number of benzene rings is 2. The summed E-state index contributed by atoms with van der Waals surface area (Å²) < 4.78 is 69.2. The number of ether oxygens (including phenoxy) is 2. The van der Waals surface area contributed by atoms with E-state index in [4.69, 9.17) is 9.47 Å². The van der Waals surface area contributed by atoms with Crippen LogP contribution in [0.3, 0.4) is 0 Å². The highest BCUT2D eigenvalue weighted by atomic mass is 19.4. The van der Waals surface area contributed by atoms with E-state index >= 15 is 0 Å². The number of aliphatic hydroxyl groups is 1. The maximum Gasteiger partial charge on any atom is 0.418 e. The summed E-state index contributed by atoms with van der Waals surface area (Å²) in [5, 5.41) is 18.6. The van der Waals surface area contributed by atoms with Crippen LogP contribution in [0, 0.1) is 11.4 Å². The van der Waals surface area contributed by atoms with E-state index in [1.165, 1.54) is 35.5 Å². The predicted molar refractivity (Wildman–Crippen MR) is 141 cm³/mol. The van der Waals surface area contributed by atoms with Gasteiger partial charge in [-0.05, 0) is 36.2 Å². The third kappa shape index (κ3) is 5.60. The molecule has 2 unspecified atom stereocenters. The molecule has 0 amide bonds. The fourth-order valence-corrected chi connectivity index (χ4v) is 4.78. The van der Waals surface area contributed by atoms with Crippen LogP contribution in [0.4, 0.5) is 23.2 Å². The summed E-state index contributed by atoms with van der Waals surface area (Å²) in [5.41, 5.74) is -1.94. The fourth-order valence-electron chi connectivity index (χ4n) is 4.78. The minimum atomic E-state index is -4.95. The number of halogens is 4. The lowest BCUT2D eigenvalue weighted by Gasteiger charge is -2.37. The van der Waals surface area contributed by atoms with Crippen LogP contribution in [0.25, 0.3) is 16.6 Å². The molecule has 0 aliphatic carbocycles. The van der Waals surface area contributed by atoms with Crippen LogP contribution in [0.15, 0.2) is 85.1 Å². The van der Waals surface area contributed by atoms with E-state index in [1.54, 1.807) is 32.0 Å². The van der Waals surface area contributed by atoms with E-state index in [0.717, 1.165) is 5.56 Å². The van der Waals surface area contributed by atoms with Gasteiger partial charge in [-0.3, -0.25) is 0 Å². The van der Waals surface area contributed by atoms with Crippen LogP contribution >= 0.6 is 0 Å². The van der Waals surface area contributed by atoms with E-state index in [2.05, 4.69) is 15.4 Å². The Hall–Kier alpha value is -4.12. The molecule has 1 aliphatic heterocycles. The van der Waals surface area contributed by atoms with Crippen molar-refractivity contribution in [2.24, 2.45) is 5.41 Å². The second-order valence-electron chi connectivity index (χ2n) is 10.4. The summed E-state index contributed by atoms with van der Waals surface area (Å²) in [6.07, 6.45) is -1.75. The number of hydrogen-bond donors (Lipinski definition) is 2. The quantitative estimate of drug-likeness (QED) is 0.191. The number of pyridine rings is 1. The lowest BCUT2D eigenvalue weighted by Crippen LogP contribution is -2.53. The first-order valence-electron chi connectivity index (χ1n) is 12.6. The molecular weight excluding hydrogens is 528 g/mol. The molecule has 2 N–H and O–H groups in total. The van der Waals surface area contributed by atoms with Crippen molar-refractivity contribution < 1.29 is 32.1 Å². The third-order valence-electron chi connectivity index (χ3n) is 6.90. The SMILES string of the molecule is CC(C)(CC(O)(CNc1cccc2c1cnn2-c1ccc(F)nc1)C(F)(F)F)C1=COC(Cc2ccccc2)O1. The summed E-state index contributed by atoms with van der Waals surface area (Å²) in [7, 11) is 0. The molecule has 5 rings (SSSR count). The topological polar surface area (TPSA) is 81.4 Å². The van der Waals surface area contributed by atoms with Crippen molar-refractivity contribution in [1.82, 2.24) is 14.8 Å². The number of alkyl halides is 3. The van der Waals surface area contributed by atoms with Crippen LogP contribution in [-0.4, -0.2) is 44.5 Å². The minimum Gasteiger partial charge on any atom is -0.459 e. The second kappa shape index (κ2) is 10.5. The Morgan fingerprint density at radius 1 is 1.00 bits per heavy atom. The van der Waals surface area contributed by atoms with Gasteiger partial charge in [0, 0.05) is 22.9 Å². The number of nitrogens with one attached hydrogen (secondary N) is 1. The summed E-state index contributed by atoms with van der Waals surface area (Å²) in [4.78, 5) is 3.63. The standard InChI is InChI=1S/C29H28F4N4O3/c1-27(2,24-16-39-26(40-24)13-19-7-4-3-5-8-19)17-28(38,29(31,32)33)18-35-22-9-6-10-23-21(22)15-36-37(23)20-11-12-25(30)34-14-20/h3-12,14-16,26,35,38H,13,17-18H2,1-2H3. The van der Waals surface area contributed by atoms with E-state index in [1.807, 2.05) is 30.3 Å². The normalized spacial score (nSPS) is 17.2. The number of hydrogen-bond acceptors (Lipinski definition) is 6. The summed E-state index contributed by atoms with van der Waals surface area (Å²) >= 11 is 0. The van der Waals surface area contributed by atoms with Gasteiger partial charge in [-0.15, -0.1) is 0 Å². The second-order valence-corrected chi connectivity index (χ2v) is 10.4. The molecule has 2 atom stereocenters. The Morgan fingerprint density at radius 2 is 1.77 bits per heavy atom. The van der Waals surface area contributed by atoms with Crippen molar-refractivity contribution in [3.8, 4) is 5.69 Å². The van der Waals surface area contributed by atoms with E-state index in [0.29, 0.717) is 28.7 Å². The zero-order valence-corrected chi connectivity index (χ0v) is 21.8. The van der Waals surface area contributed by atoms with Crippen LogP contribution in [0.2, 0.25) is 0 Å². The van der Waals surface area contributed by atoms with Gasteiger partial charge < -0.3 is 19.9 Å². The molecular formula is C29H28F4N4O3. The van der Waals surface area contributed by atoms with Gasteiger partial charge >= 0.3 is 6.18 Å². The summed E-state index contributed by atoms with van der Waals surface area (Å²) in [6.45, 7) is 2.33. The van der Waals surface area contributed by atoms with Crippen LogP contribution in [-0.2, 0) is 15.9 Å². The molecule has 11 heteroatoms. The van der Waals surface area contributed by atoms with Gasteiger partial charge in [0.1, 0.15) is 12.0 Å². The number of fused-ring (bicyclic) bond motifs is 1. The molecule has 210 valence electrons. The number of rotatable bonds is 9. The van der Waals surface area contributed by atoms with Crippen molar-refractivity contribution in [2.75, 3.05) is 11.9 Å². The lowest BCUT2D eigenvalue weighted by molar-refractivity contribution is -0.263. The lowest BCUT2D eigenvalue weighted by atomic mass is 9.78. The van der Waals surface area contributed by atoms with Crippen molar-refractivity contribution in [3.63, 3.8) is 0 Å². The third-order valence-corrected chi connectivity index (χ3v) is 6.90. The van der Waals surface area contributed by atoms with Gasteiger partial charge in [0.05, 0.1) is 30.1 Å². The summed E-state index contributed by atoms with van der Waals surface area (Å²) in [6, 6.07) is 17.1. The highest BCUT2D eigenvalue weighted by molar-refractivity contribution is 5.92. The zero-order valence-electron chi connectivity index (χ0n) is 21.8. The molecule has 0 fully saturated rings. The van der Waals surface area contributed by atoms with Gasteiger partial charge in [-0.2, -0.15) is 22.7 Å². The van der Waals surface area contributed by atoms with Gasteiger partial charge in [-0.25, -0.2) is 9.67 Å². The monoisotopic (exact) mass is 556 g/mol. The van der Waals surface area contributed by atoms with Gasteiger partial charge in [0.25, 0.3) is 0 Å². The number of allylic oxidation sites excluding steroid dienone is 1. The molecule has 2 aromatic heterocycles. The molecule has 1 aliphatic rings. The fraction of sp³-hybridized carbons (Fsp3) is 0.310. The molecule has 3 heterocycles. The molecule has 4 aromatic rings. The predicted octanol–water partition coefficient (Wildman–Crippen LogP) is 6.14. The maximum atomic E-state index is 14.3. The highest BCUT2D eigenvalue weighted by Crippen LogP contribution is 2.45. The first-order chi connectivity index (χ1) is 19.0. The zero-order chi connectivity index (χ0) is 28.5. The molecule has 7 nitrogen and oxygen atoms in total. The van der Waals surface area contributed by atoms with Crippen LogP contribution < -0.4 is 5.32 Å². The number of aromatic nitrogens is 3. The summed E-state index contributed by atoms with van der Waals surface area (Å²) in [5.74, 6) is -0.415. The molecule has 0 saturated carbocycles. The van der Waals surface area contributed by atoms with Crippen molar-refractivity contribution in [3.05, 3.63) is 96.6 Å². The van der Waals surface area contributed by atoms with Crippen LogP contribution in [0.5, 0.6) is 0 Å². The molecule has 0 bridgehead atoms. The Bertz CT molecular complexity index is 1500. The minimum absolute atomic E-state index is 0.229. The van der Waals surface area contributed by atoms with E-state index in [9.17, 15) is 22.7 Å². The first-order valence-corrected chi connectivity index (χ1v) is 12.6. The van der Waals surface area contributed by atoms with Gasteiger partial charge in [0.15, 0.2) is 5.60 Å². The number of nitrogens with zero attached hydrogens (tertiary/aromatic N) is 3. The molecule has 0 radical (unpaired) electrons. The average molecular weight is 557 g/mol. The molecule has 2 aromatic carbocycles. The van der Waals surface area contributed by atoms with Crippen molar-refractivity contribution in [2.45, 2.75) is 44.8 Å². The largest absolute Gasteiger partial charge is 0.459 e. The molecule has 0 spiro atoms. The van der Waals surface area contributed by atoms with Crippen molar-refractivity contribution >= 4 is 16.6 Å². The smallest absolute Gasteiger partial charge is 0.418 e. The Kier molecular flexibility index (Phi) is 7.17. The first kappa shape index (κ1) is 27.4. The average Bonchev–Trinajstić information content (AvgIpc) is 3.56. The van der Waals surface area contributed by atoms with Crippen molar-refractivity contribution in [1.29, 1.82) is 0 Å². The highest BCUT2D eigenvalue weighted by Gasteiger charge is 2.57. The molecule has 40 heavy (non-hydrogen) atoms. The Balaban J connectivity index is 1.32. The van der Waals surface area contributed by atoms with E-state index in [-0.39, 0.29) is 5.76 Å². The number of anilines is 1. The van der Waals surface area contributed by atoms with Gasteiger partial charge in [0.2, 0.25) is 12.2 Å². The molecule has 0 saturated heterocycles. The van der Waals surface area contributed by atoms with Gasteiger partial charge in [-0.1, -0.05) is 50.2 Å². The maximum absolute atomic E-state index is 14.3. The Morgan fingerprint density at radius 3 is 2.48 bits per heavy atom. The van der Waals surface area contributed by atoms with E-state index < -0.39 is 42.4 Å².